The van der Waals surface area contributed by atoms with E-state index in [0.29, 0.717) is 6.54 Å². The van der Waals surface area contributed by atoms with Crippen LogP contribution in [0.4, 0.5) is 0 Å². The van der Waals surface area contributed by atoms with Crippen LogP contribution in [0.1, 0.15) is 12.5 Å². The second kappa shape index (κ2) is 5.06. The number of benzene rings is 1. The maximum Gasteiger partial charge on any atom is 0.141 e. The van der Waals surface area contributed by atoms with E-state index in [-0.39, 0.29) is 0 Å². The molecular weight excluding hydrogens is 170 g/mol. The molecule has 0 saturated heterocycles. The first-order valence-corrected chi connectivity index (χ1v) is 4.87. The highest BCUT2D eigenvalue weighted by molar-refractivity contribution is 7.94. The Kier molecular flexibility index (Phi) is 3.97. The monoisotopic (exact) mass is 183 g/mol. The van der Waals surface area contributed by atoms with Gasteiger partial charge in [-0.25, -0.2) is 0 Å². The highest BCUT2D eigenvalue weighted by Crippen LogP contribution is 2.21. The van der Waals surface area contributed by atoms with Crippen LogP contribution >= 0.6 is 12.0 Å². The van der Waals surface area contributed by atoms with E-state index in [1.165, 1.54) is 12.0 Å². The maximum atomic E-state index is 5.53. The van der Waals surface area contributed by atoms with Crippen LogP contribution < -0.4 is 9.92 Å². The van der Waals surface area contributed by atoms with Crippen LogP contribution in [-0.2, 0) is 6.54 Å². The molecule has 2 nitrogen and oxygen atoms in total. The molecular formula is C9H13NOS. The van der Waals surface area contributed by atoms with Gasteiger partial charge in [-0.3, -0.25) is 0 Å². The Morgan fingerprint density at radius 2 is 2.17 bits per heavy atom. The number of nitrogens with two attached hydrogens (primary N) is 1. The molecule has 12 heavy (non-hydrogen) atoms. The lowest BCUT2D eigenvalue weighted by Crippen LogP contribution is -1.98. The van der Waals surface area contributed by atoms with E-state index >= 15 is 0 Å². The van der Waals surface area contributed by atoms with Gasteiger partial charge in [0, 0.05) is 17.9 Å². The molecule has 0 spiro atoms. The Morgan fingerprint density at radius 1 is 1.42 bits per heavy atom. The summed E-state index contributed by atoms with van der Waals surface area (Å²) in [7, 11) is 0. The van der Waals surface area contributed by atoms with Gasteiger partial charge in [0.25, 0.3) is 0 Å². The summed E-state index contributed by atoms with van der Waals surface area (Å²) in [5.74, 6) is 1.82. The van der Waals surface area contributed by atoms with Gasteiger partial charge in [-0.1, -0.05) is 25.1 Å². The second-order valence-corrected chi connectivity index (χ2v) is 3.28. The van der Waals surface area contributed by atoms with Gasteiger partial charge in [0.15, 0.2) is 0 Å². The summed E-state index contributed by atoms with van der Waals surface area (Å²) >= 11 is 1.44. The van der Waals surface area contributed by atoms with Crippen LogP contribution in [-0.4, -0.2) is 5.75 Å². The first kappa shape index (κ1) is 9.42. The molecule has 0 aromatic heterocycles. The van der Waals surface area contributed by atoms with Crippen LogP contribution in [0.25, 0.3) is 0 Å². The molecule has 66 valence electrons. The first-order chi connectivity index (χ1) is 5.88. The summed E-state index contributed by atoms with van der Waals surface area (Å²) in [6, 6.07) is 7.83. The summed E-state index contributed by atoms with van der Waals surface area (Å²) in [6.07, 6.45) is 0. The molecule has 0 unspecified atom stereocenters. The maximum absolute atomic E-state index is 5.53. The molecule has 0 heterocycles. The van der Waals surface area contributed by atoms with E-state index in [1.807, 2.05) is 24.3 Å². The lowest BCUT2D eigenvalue weighted by atomic mass is 10.2. The molecule has 0 atom stereocenters. The predicted octanol–water partition coefficient (Wildman–Crippen LogP) is 2.19. The highest BCUT2D eigenvalue weighted by Gasteiger charge is 1.99. The fourth-order valence-electron chi connectivity index (χ4n) is 0.876. The van der Waals surface area contributed by atoms with Crippen LogP contribution in [0, 0.1) is 0 Å². The van der Waals surface area contributed by atoms with E-state index < -0.39 is 0 Å². The molecule has 0 amide bonds. The van der Waals surface area contributed by atoms with Gasteiger partial charge < -0.3 is 9.92 Å². The molecule has 0 aliphatic carbocycles. The van der Waals surface area contributed by atoms with Crippen LogP contribution in [0.3, 0.4) is 0 Å². The third-order valence-electron chi connectivity index (χ3n) is 1.46. The lowest BCUT2D eigenvalue weighted by Gasteiger charge is -2.06. The van der Waals surface area contributed by atoms with Gasteiger partial charge >= 0.3 is 0 Å². The SMILES string of the molecule is CCSOc1ccccc1CN. The Morgan fingerprint density at radius 3 is 2.83 bits per heavy atom. The third-order valence-corrected chi connectivity index (χ3v) is 1.99. The highest BCUT2D eigenvalue weighted by atomic mass is 32.2. The normalized spacial score (nSPS) is 9.83. The summed E-state index contributed by atoms with van der Waals surface area (Å²) in [6.45, 7) is 2.58. The number of hydrogen-bond donors (Lipinski definition) is 1. The Balaban J connectivity index is 2.68. The summed E-state index contributed by atoms with van der Waals surface area (Å²) in [4.78, 5) is 0. The average molecular weight is 183 g/mol. The Bertz CT molecular complexity index is 240. The molecule has 2 N–H and O–H groups in total. The Hall–Kier alpha value is -0.670. The molecule has 1 aromatic rings. The minimum absolute atomic E-state index is 0.528. The van der Waals surface area contributed by atoms with Gasteiger partial charge in [0.1, 0.15) is 5.75 Å². The van der Waals surface area contributed by atoms with Crippen molar-refractivity contribution in [2.24, 2.45) is 5.73 Å². The van der Waals surface area contributed by atoms with Gasteiger partial charge in [-0.2, -0.15) is 0 Å². The fraction of sp³-hybridized carbons (Fsp3) is 0.333. The van der Waals surface area contributed by atoms with Crippen molar-refractivity contribution in [1.29, 1.82) is 0 Å². The molecule has 0 aliphatic heterocycles. The minimum Gasteiger partial charge on any atom is -0.425 e. The van der Waals surface area contributed by atoms with Gasteiger partial charge in [-0.15, -0.1) is 0 Å². The van der Waals surface area contributed by atoms with E-state index in [1.54, 1.807) is 0 Å². The van der Waals surface area contributed by atoms with Crippen molar-refractivity contribution in [2.75, 3.05) is 5.75 Å². The first-order valence-electron chi connectivity index (χ1n) is 3.96. The molecule has 0 fully saturated rings. The molecule has 0 aliphatic rings. The standard InChI is InChI=1S/C9H13NOS/c1-2-12-11-9-6-4-3-5-8(9)7-10/h3-6H,2,7,10H2,1H3. The fourth-order valence-corrected chi connectivity index (χ4v) is 1.28. The molecule has 0 bridgehead atoms. The van der Waals surface area contributed by atoms with Crippen molar-refractivity contribution in [1.82, 2.24) is 0 Å². The zero-order chi connectivity index (χ0) is 8.81. The molecule has 1 aromatic carbocycles. The lowest BCUT2D eigenvalue weighted by molar-refractivity contribution is 0.635. The van der Waals surface area contributed by atoms with Crippen molar-refractivity contribution in [2.45, 2.75) is 13.5 Å². The van der Waals surface area contributed by atoms with Crippen molar-refractivity contribution in [3.8, 4) is 5.75 Å². The largest absolute Gasteiger partial charge is 0.425 e. The predicted molar refractivity (Wildman–Crippen MR) is 53.1 cm³/mol. The third kappa shape index (κ3) is 2.43. The Labute approximate surface area is 77.3 Å². The van der Waals surface area contributed by atoms with E-state index in [4.69, 9.17) is 9.92 Å². The van der Waals surface area contributed by atoms with Crippen molar-refractivity contribution < 1.29 is 4.18 Å². The zero-order valence-corrected chi connectivity index (χ0v) is 7.93. The van der Waals surface area contributed by atoms with Crippen LogP contribution in [0.2, 0.25) is 0 Å². The van der Waals surface area contributed by atoms with Crippen LogP contribution in [0.5, 0.6) is 5.75 Å². The number of para-hydroxylation sites is 1. The van der Waals surface area contributed by atoms with E-state index in [2.05, 4.69) is 6.92 Å². The summed E-state index contributed by atoms with van der Waals surface area (Å²) in [5, 5.41) is 0. The minimum atomic E-state index is 0.528. The number of rotatable bonds is 4. The molecule has 1 rings (SSSR count). The van der Waals surface area contributed by atoms with Gasteiger partial charge in [0.05, 0.1) is 12.0 Å². The zero-order valence-electron chi connectivity index (χ0n) is 7.12. The quantitative estimate of drug-likeness (QED) is 0.727. The van der Waals surface area contributed by atoms with Gasteiger partial charge in [0.2, 0.25) is 0 Å². The molecule has 3 heteroatoms. The van der Waals surface area contributed by atoms with Crippen LogP contribution in [0.15, 0.2) is 24.3 Å². The smallest absolute Gasteiger partial charge is 0.141 e. The van der Waals surface area contributed by atoms with Crippen molar-refractivity contribution in [3.63, 3.8) is 0 Å². The molecule has 0 saturated carbocycles. The van der Waals surface area contributed by atoms with Crippen molar-refractivity contribution in [3.05, 3.63) is 29.8 Å². The van der Waals surface area contributed by atoms with Gasteiger partial charge in [-0.05, 0) is 6.07 Å². The van der Waals surface area contributed by atoms with Crippen molar-refractivity contribution >= 4 is 12.0 Å². The van der Waals surface area contributed by atoms with E-state index in [9.17, 15) is 0 Å². The number of hydrogen-bond acceptors (Lipinski definition) is 3. The summed E-state index contributed by atoms with van der Waals surface area (Å²) < 4.78 is 5.41. The molecule has 0 radical (unpaired) electrons. The average Bonchev–Trinajstić information content (AvgIpc) is 2.15. The second-order valence-electron chi connectivity index (χ2n) is 2.30. The van der Waals surface area contributed by atoms with E-state index in [0.717, 1.165) is 17.1 Å². The summed E-state index contributed by atoms with van der Waals surface area (Å²) in [5.41, 5.74) is 6.59. The topological polar surface area (TPSA) is 35.2 Å².